The van der Waals surface area contributed by atoms with Crippen molar-refractivity contribution in [2.45, 2.75) is 31.3 Å². The molecule has 0 aromatic carbocycles. The predicted molar refractivity (Wildman–Crippen MR) is 74.4 cm³/mol. The van der Waals surface area contributed by atoms with Gasteiger partial charge in [-0.2, -0.15) is 4.31 Å². The van der Waals surface area contributed by atoms with Gasteiger partial charge in [-0.05, 0) is 19.9 Å². The van der Waals surface area contributed by atoms with Crippen molar-refractivity contribution in [2.75, 3.05) is 27.3 Å². The fourth-order valence-electron chi connectivity index (χ4n) is 1.80. The van der Waals surface area contributed by atoms with E-state index in [4.69, 9.17) is 10.5 Å². The summed E-state index contributed by atoms with van der Waals surface area (Å²) in [5.74, 6) is 0. The molecule has 0 atom stereocenters. The molecule has 110 valence electrons. The van der Waals surface area contributed by atoms with E-state index in [9.17, 15) is 8.42 Å². The van der Waals surface area contributed by atoms with Crippen molar-refractivity contribution in [3.63, 3.8) is 0 Å². The summed E-state index contributed by atoms with van der Waals surface area (Å²) in [5.41, 5.74) is 6.47. The average molecular weight is 289 g/mol. The van der Waals surface area contributed by atoms with Crippen LogP contribution in [0.5, 0.6) is 0 Å². The molecule has 6 nitrogen and oxygen atoms in total. The van der Waals surface area contributed by atoms with Crippen LogP contribution in [0.15, 0.2) is 17.2 Å². The molecule has 19 heavy (non-hydrogen) atoms. The number of rotatable bonds is 7. The molecule has 1 aromatic heterocycles. The topological polar surface area (TPSA) is 77.6 Å². The molecular weight excluding hydrogens is 266 g/mol. The molecule has 0 aliphatic rings. The predicted octanol–water partition coefficient (Wildman–Crippen LogP) is 0.795. The third kappa shape index (κ3) is 3.56. The highest BCUT2D eigenvalue weighted by molar-refractivity contribution is 7.89. The first-order valence-corrected chi connectivity index (χ1v) is 7.64. The zero-order valence-corrected chi connectivity index (χ0v) is 12.8. The molecule has 1 rings (SSSR count). The van der Waals surface area contributed by atoms with Gasteiger partial charge in [0.05, 0.1) is 6.61 Å². The van der Waals surface area contributed by atoms with E-state index in [0.29, 0.717) is 19.7 Å². The van der Waals surface area contributed by atoms with Crippen LogP contribution in [0.3, 0.4) is 0 Å². The number of nitrogens with two attached hydrogens (primary N) is 1. The van der Waals surface area contributed by atoms with E-state index in [2.05, 4.69) is 0 Å². The molecule has 0 saturated carbocycles. The minimum absolute atomic E-state index is 0.173. The molecule has 7 heteroatoms. The van der Waals surface area contributed by atoms with Crippen LogP contribution in [0.1, 0.15) is 25.6 Å². The maximum atomic E-state index is 12.4. The Bertz CT molecular complexity index is 508. The number of sulfonamides is 1. The van der Waals surface area contributed by atoms with Crippen molar-refractivity contribution in [1.29, 1.82) is 0 Å². The molecule has 0 unspecified atom stereocenters. The van der Waals surface area contributed by atoms with E-state index < -0.39 is 10.0 Å². The second-order valence-electron chi connectivity index (χ2n) is 4.69. The second-order valence-corrected chi connectivity index (χ2v) is 6.74. The van der Waals surface area contributed by atoms with Crippen LogP contribution in [0.25, 0.3) is 0 Å². The highest BCUT2D eigenvalue weighted by atomic mass is 32.2. The van der Waals surface area contributed by atoms with Crippen LogP contribution in [0, 0.1) is 0 Å². The van der Waals surface area contributed by atoms with Crippen LogP contribution in [0.2, 0.25) is 0 Å². The number of aromatic nitrogens is 1. The Morgan fingerprint density at radius 3 is 2.53 bits per heavy atom. The molecule has 0 spiro atoms. The van der Waals surface area contributed by atoms with E-state index in [1.807, 2.05) is 18.4 Å². The van der Waals surface area contributed by atoms with E-state index in [0.717, 1.165) is 5.69 Å². The van der Waals surface area contributed by atoms with Gasteiger partial charge in [0.2, 0.25) is 10.0 Å². The second kappa shape index (κ2) is 6.51. The summed E-state index contributed by atoms with van der Waals surface area (Å²) in [4.78, 5) is 0.278. The Morgan fingerprint density at radius 2 is 2.11 bits per heavy atom. The molecule has 0 aliphatic carbocycles. The van der Waals surface area contributed by atoms with Crippen molar-refractivity contribution in [1.82, 2.24) is 8.87 Å². The molecule has 0 fully saturated rings. The van der Waals surface area contributed by atoms with Crippen molar-refractivity contribution in [2.24, 2.45) is 5.73 Å². The van der Waals surface area contributed by atoms with Gasteiger partial charge in [-0.15, -0.1) is 0 Å². The number of nitrogens with zero attached hydrogens (tertiary/aromatic N) is 2. The molecule has 1 aromatic rings. The van der Waals surface area contributed by atoms with E-state index in [1.54, 1.807) is 26.4 Å². The Balaban J connectivity index is 3.08. The fourth-order valence-corrected chi connectivity index (χ4v) is 3.01. The first kappa shape index (κ1) is 16.2. The van der Waals surface area contributed by atoms with E-state index in [1.165, 1.54) is 4.31 Å². The average Bonchev–Trinajstić information content (AvgIpc) is 2.80. The Morgan fingerprint density at radius 1 is 1.47 bits per heavy atom. The smallest absolute Gasteiger partial charge is 0.244 e. The van der Waals surface area contributed by atoms with Gasteiger partial charge in [0.1, 0.15) is 4.90 Å². The van der Waals surface area contributed by atoms with Crippen molar-refractivity contribution in [3.05, 3.63) is 18.0 Å². The van der Waals surface area contributed by atoms with Gasteiger partial charge in [0.25, 0.3) is 0 Å². The minimum Gasteiger partial charge on any atom is -0.383 e. The van der Waals surface area contributed by atoms with E-state index >= 15 is 0 Å². The summed E-state index contributed by atoms with van der Waals surface area (Å²) in [6, 6.07) is 1.81. The lowest BCUT2D eigenvalue weighted by Crippen LogP contribution is -2.29. The SMILES string of the molecule is COCCN(C)S(=O)(=O)c1cc(CN)n(C(C)C)c1. The largest absolute Gasteiger partial charge is 0.383 e. The van der Waals surface area contributed by atoms with Crippen molar-refractivity contribution in [3.8, 4) is 0 Å². The molecule has 0 aliphatic heterocycles. The van der Waals surface area contributed by atoms with Gasteiger partial charge in [0, 0.05) is 45.2 Å². The van der Waals surface area contributed by atoms with Gasteiger partial charge < -0.3 is 15.0 Å². The first-order valence-electron chi connectivity index (χ1n) is 6.20. The summed E-state index contributed by atoms with van der Waals surface area (Å²) in [6.07, 6.45) is 1.64. The zero-order chi connectivity index (χ0) is 14.6. The summed E-state index contributed by atoms with van der Waals surface area (Å²) in [5, 5.41) is 0. The maximum Gasteiger partial charge on any atom is 0.244 e. The quantitative estimate of drug-likeness (QED) is 0.805. The Hall–Kier alpha value is -0.890. The lowest BCUT2D eigenvalue weighted by molar-refractivity contribution is 0.185. The molecule has 2 N–H and O–H groups in total. The van der Waals surface area contributed by atoms with Crippen LogP contribution >= 0.6 is 0 Å². The maximum absolute atomic E-state index is 12.4. The van der Waals surface area contributed by atoms with Crippen molar-refractivity contribution >= 4 is 10.0 Å². The Labute approximate surface area is 115 Å². The van der Waals surface area contributed by atoms with E-state index in [-0.39, 0.29) is 10.9 Å². The van der Waals surface area contributed by atoms with Gasteiger partial charge in [-0.3, -0.25) is 0 Å². The van der Waals surface area contributed by atoms with Crippen LogP contribution in [0.4, 0.5) is 0 Å². The molecule has 1 heterocycles. The van der Waals surface area contributed by atoms with Gasteiger partial charge >= 0.3 is 0 Å². The van der Waals surface area contributed by atoms with Crippen LogP contribution in [-0.4, -0.2) is 44.6 Å². The van der Waals surface area contributed by atoms with Gasteiger partial charge in [-0.1, -0.05) is 0 Å². The van der Waals surface area contributed by atoms with Crippen LogP contribution < -0.4 is 5.73 Å². The fraction of sp³-hybridized carbons (Fsp3) is 0.667. The van der Waals surface area contributed by atoms with Gasteiger partial charge in [-0.25, -0.2) is 8.42 Å². The number of hydrogen-bond donors (Lipinski definition) is 1. The summed E-state index contributed by atoms with van der Waals surface area (Å²) >= 11 is 0. The molecule has 0 amide bonds. The standard InChI is InChI=1S/C12H23N3O3S/c1-10(2)15-9-12(7-11(15)8-13)19(16,17)14(3)5-6-18-4/h7,9-10H,5-6,8,13H2,1-4H3. The number of ether oxygens (including phenoxy) is 1. The number of methoxy groups -OCH3 is 1. The monoisotopic (exact) mass is 289 g/mol. The lowest BCUT2D eigenvalue weighted by atomic mass is 10.3. The molecule has 0 saturated heterocycles. The highest BCUT2D eigenvalue weighted by Gasteiger charge is 2.23. The lowest BCUT2D eigenvalue weighted by Gasteiger charge is -2.15. The minimum atomic E-state index is -3.48. The van der Waals surface area contributed by atoms with Crippen LogP contribution in [-0.2, 0) is 21.3 Å². The first-order chi connectivity index (χ1) is 8.84. The molecular formula is C12H23N3O3S. The van der Waals surface area contributed by atoms with Crippen molar-refractivity contribution < 1.29 is 13.2 Å². The zero-order valence-electron chi connectivity index (χ0n) is 12.0. The third-order valence-electron chi connectivity index (χ3n) is 2.99. The Kier molecular flexibility index (Phi) is 5.54. The molecule has 0 radical (unpaired) electrons. The highest BCUT2D eigenvalue weighted by Crippen LogP contribution is 2.21. The number of likely N-dealkylation sites (N-methyl/N-ethyl adjacent to an activating group) is 1. The summed E-state index contributed by atoms with van der Waals surface area (Å²) < 4.78 is 32.8. The number of hydrogen-bond acceptors (Lipinski definition) is 4. The summed E-state index contributed by atoms with van der Waals surface area (Å²) in [7, 11) is -0.391. The molecule has 0 bridgehead atoms. The normalized spacial score (nSPS) is 12.6. The third-order valence-corrected chi connectivity index (χ3v) is 4.81. The van der Waals surface area contributed by atoms with Gasteiger partial charge in [0.15, 0.2) is 0 Å². The summed E-state index contributed by atoms with van der Waals surface area (Å²) in [6.45, 7) is 4.98.